The summed E-state index contributed by atoms with van der Waals surface area (Å²) in [5.74, 6) is 1.30. The smallest absolute Gasteiger partial charge is 0.234 e. The second-order valence-corrected chi connectivity index (χ2v) is 5.31. The molecule has 1 fully saturated rings. The fraction of sp³-hybridized carbons (Fsp3) is 0.500. The number of rotatable bonds is 3. The third-order valence-corrected chi connectivity index (χ3v) is 4.11. The zero-order valence-electron chi connectivity index (χ0n) is 11.1. The van der Waals surface area contributed by atoms with Crippen LogP contribution in [0.25, 0.3) is 11.4 Å². The van der Waals surface area contributed by atoms with Crippen LogP contribution in [-0.4, -0.2) is 21.7 Å². The fourth-order valence-corrected chi connectivity index (χ4v) is 2.80. The van der Waals surface area contributed by atoms with Gasteiger partial charge >= 0.3 is 0 Å². The Bertz CT molecular complexity index is 572. The number of nitrogens with two attached hydrogens (primary N) is 1. The van der Waals surface area contributed by atoms with Crippen molar-refractivity contribution in [1.82, 2.24) is 15.1 Å². The highest BCUT2D eigenvalue weighted by molar-refractivity contribution is 5.57. The van der Waals surface area contributed by atoms with Crippen molar-refractivity contribution >= 4 is 0 Å². The second-order valence-electron chi connectivity index (χ2n) is 5.31. The zero-order chi connectivity index (χ0) is 13.3. The van der Waals surface area contributed by atoms with Gasteiger partial charge in [0.05, 0.1) is 5.41 Å². The molecule has 0 aliphatic heterocycles. The lowest BCUT2D eigenvalue weighted by molar-refractivity contribution is 0.284. The maximum Gasteiger partial charge on any atom is 0.234 e. The quantitative estimate of drug-likeness (QED) is 0.913. The zero-order valence-corrected chi connectivity index (χ0v) is 11.1. The predicted molar refractivity (Wildman–Crippen MR) is 71.5 cm³/mol. The molecule has 1 aliphatic rings. The lowest BCUT2D eigenvalue weighted by Crippen LogP contribution is -2.32. The highest BCUT2D eigenvalue weighted by Gasteiger charge is 2.39. The molecule has 2 aromatic heterocycles. The molecule has 0 saturated heterocycles. The summed E-state index contributed by atoms with van der Waals surface area (Å²) in [4.78, 5) is 8.69. The molecule has 0 amide bonds. The van der Waals surface area contributed by atoms with Gasteiger partial charge in [0.2, 0.25) is 11.7 Å². The Hall–Kier alpha value is -1.75. The van der Waals surface area contributed by atoms with Crippen molar-refractivity contribution in [3.63, 3.8) is 0 Å². The van der Waals surface area contributed by atoms with Gasteiger partial charge in [-0.05, 0) is 31.4 Å². The second kappa shape index (κ2) is 4.74. The number of nitrogens with zero attached hydrogens (tertiary/aromatic N) is 3. The molecule has 5 heteroatoms. The van der Waals surface area contributed by atoms with Crippen LogP contribution >= 0.6 is 0 Å². The molecule has 100 valence electrons. The van der Waals surface area contributed by atoms with Crippen molar-refractivity contribution in [1.29, 1.82) is 0 Å². The molecule has 2 aromatic rings. The van der Waals surface area contributed by atoms with Crippen molar-refractivity contribution in [2.45, 2.75) is 38.0 Å². The summed E-state index contributed by atoms with van der Waals surface area (Å²) >= 11 is 0. The van der Waals surface area contributed by atoms with Gasteiger partial charge < -0.3 is 10.3 Å². The summed E-state index contributed by atoms with van der Waals surface area (Å²) in [7, 11) is 0. The van der Waals surface area contributed by atoms with E-state index in [9.17, 15) is 0 Å². The first-order valence-electron chi connectivity index (χ1n) is 6.70. The standard InChI is InChI=1S/C14H18N4O/c1-10-4-7-16-8-11(10)12-17-13(19-18-12)14(9-15)5-2-3-6-14/h4,7-8H,2-3,5-6,9,15H2,1H3. The van der Waals surface area contributed by atoms with E-state index in [2.05, 4.69) is 15.1 Å². The molecule has 2 heterocycles. The number of hydrogen-bond acceptors (Lipinski definition) is 5. The van der Waals surface area contributed by atoms with Crippen LogP contribution < -0.4 is 5.73 Å². The summed E-state index contributed by atoms with van der Waals surface area (Å²) in [6.07, 6.45) is 7.97. The highest BCUT2D eigenvalue weighted by Crippen LogP contribution is 2.39. The molecule has 0 unspecified atom stereocenters. The molecular weight excluding hydrogens is 240 g/mol. The summed E-state index contributed by atoms with van der Waals surface area (Å²) in [6.45, 7) is 2.59. The number of aryl methyl sites for hydroxylation is 1. The minimum atomic E-state index is -0.110. The molecule has 3 rings (SSSR count). The van der Waals surface area contributed by atoms with Crippen LogP contribution in [0.3, 0.4) is 0 Å². The first kappa shape index (κ1) is 12.3. The molecule has 0 radical (unpaired) electrons. The van der Waals surface area contributed by atoms with Gasteiger partial charge in [0.25, 0.3) is 0 Å². The van der Waals surface area contributed by atoms with Crippen LogP contribution in [-0.2, 0) is 5.41 Å². The Morgan fingerprint density at radius 2 is 2.16 bits per heavy atom. The molecule has 5 nitrogen and oxygen atoms in total. The largest absolute Gasteiger partial charge is 0.338 e. The molecule has 1 aliphatic carbocycles. The van der Waals surface area contributed by atoms with E-state index in [0.29, 0.717) is 18.3 Å². The first-order chi connectivity index (χ1) is 9.25. The molecule has 0 atom stereocenters. The van der Waals surface area contributed by atoms with Crippen LogP contribution in [0.2, 0.25) is 0 Å². The molecule has 2 N–H and O–H groups in total. The van der Waals surface area contributed by atoms with E-state index in [4.69, 9.17) is 10.3 Å². The number of hydrogen-bond donors (Lipinski definition) is 1. The van der Waals surface area contributed by atoms with Crippen LogP contribution in [0.4, 0.5) is 0 Å². The third kappa shape index (κ3) is 2.04. The molecule has 19 heavy (non-hydrogen) atoms. The summed E-state index contributed by atoms with van der Waals surface area (Å²) < 4.78 is 5.48. The van der Waals surface area contributed by atoms with E-state index < -0.39 is 0 Å². The van der Waals surface area contributed by atoms with E-state index in [0.717, 1.165) is 24.0 Å². The van der Waals surface area contributed by atoms with Gasteiger partial charge in [0, 0.05) is 24.5 Å². The van der Waals surface area contributed by atoms with E-state index in [-0.39, 0.29) is 5.41 Å². The van der Waals surface area contributed by atoms with Crippen LogP contribution in [0, 0.1) is 6.92 Å². The Morgan fingerprint density at radius 1 is 1.37 bits per heavy atom. The Balaban J connectivity index is 1.98. The van der Waals surface area contributed by atoms with E-state index in [1.807, 2.05) is 13.0 Å². The highest BCUT2D eigenvalue weighted by atomic mass is 16.5. The van der Waals surface area contributed by atoms with Gasteiger partial charge in [-0.1, -0.05) is 18.0 Å². The van der Waals surface area contributed by atoms with Crippen molar-refractivity contribution in [2.75, 3.05) is 6.54 Å². The first-order valence-corrected chi connectivity index (χ1v) is 6.70. The topological polar surface area (TPSA) is 77.8 Å². The molecule has 0 spiro atoms. The molecular formula is C14H18N4O. The number of pyridine rings is 1. The Kier molecular flexibility index (Phi) is 3.06. The van der Waals surface area contributed by atoms with Gasteiger partial charge in [0.1, 0.15) is 0 Å². The lowest BCUT2D eigenvalue weighted by atomic mass is 9.86. The van der Waals surface area contributed by atoms with Crippen molar-refractivity contribution in [2.24, 2.45) is 5.73 Å². The van der Waals surface area contributed by atoms with Gasteiger partial charge in [-0.25, -0.2) is 0 Å². The monoisotopic (exact) mass is 258 g/mol. The van der Waals surface area contributed by atoms with Crippen molar-refractivity contribution < 1.29 is 4.52 Å². The van der Waals surface area contributed by atoms with E-state index in [1.165, 1.54) is 12.8 Å². The van der Waals surface area contributed by atoms with Crippen molar-refractivity contribution in [3.8, 4) is 11.4 Å². The maximum atomic E-state index is 5.94. The van der Waals surface area contributed by atoms with Crippen molar-refractivity contribution in [3.05, 3.63) is 29.9 Å². The summed E-state index contributed by atoms with van der Waals surface area (Å²) in [5.41, 5.74) is 7.84. The van der Waals surface area contributed by atoms with E-state index in [1.54, 1.807) is 12.4 Å². The lowest BCUT2D eigenvalue weighted by Gasteiger charge is -2.21. The Labute approximate surface area is 112 Å². The average molecular weight is 258 g/mol. The number of aromatic nitrogens is 3. The van der Waals surface area contributed by atoms with Gasteiger partial charge in [0.15, 0.2) is 0 Å². The van der Waals surface area contributed by atoms with Crippen LogP contribution in [0.1, 0.15) is 37.1 Å². The maximum absolute atomic E-state index is 5.94. The Morgan fingerprint density at radius 3 is 2.84 bits per heavy atom. The predicted octanol–water partition coefficient (Wildman–Crippen LogP) is 2.21. The van der Waals surface area contributed by atoms with Crippen LogP contribution in [0.5, 0.6) is 0 Å². The molecule has 1 saturated carbocycles. The fourth-order valence-electron chi connectivity index (χ4n) is 2.80. The minimum absolute atomic E-state index is 0.110. The summed E-state index contributed by atoms with van der Waals surface area (Å²) in [5, 5.41) is 4.10. The molecule has 0 bridgehead atoms. The minimum Gasteiger partial charge on any atom is -0.338 e. The molecule has 0 aromatic carbocycles. The van der Waals surface area contributed by atoms with E-state index >= 15 is 0 Å². The summed E-state index contributed by atoms with van der Waals surface area (Å²) in [6, 6.07) is 1.94. The third-order valence-electron chi connectivity index (χ3n) is 4.11. The van der Waals surface area contributed by atoms with Gasteiger partial charge in [-0.3, -0.25) is 4.98 Å². The normalized spacial score (nSPS) is 17.8. The van der Waals surface area contributed by atoms with Gasteiger partial charge in [-0.2, -0.15) is 4.98 Å². The van der Waals surface area contributed by atoms with Crippen LogP contribution in [0.15, 0.2) is 23.0 Å². The average Bonchev–Trinajstić information content (AvgIpc) is 3.09. The van der Waals surface area contributed by atoms with Gasteiger partial charge in [-0.15, -0.1) is 0 Å². The SMILES string of the molecule is Cc1ccncc1-c1noc(C2(CN)CCCC2)n1.